The highest BCUT2D eigenvalue weighted by molar-refractivity contribution is 5.90. The Morgan fingerprint density at radius 2 is 2.00 bits per heavy atom. The number of pyridine rings is 1. The molecular weight excluding hydrogens is 561 g/mol. The lowest BCUT2D eigenvalue weighted by atomic mass is 9.90. The summed E-state index contributed by atoms with van der Waals surface area (Å²) in [4.78, 5) is 19.2. The Labute approximate surface area is 246 Å². The van der Waals surface area contributed by atoms with Crippen molar-refractivity contribution in [3.8, 4) is 39.5 Å². The fraction of sp³-hybridized carbons (Fsp3) is 0.355. The van der Waals surface area contributed by atoms with Crippen molar-refractivity contribution >= 4 is 5.91 Å². The van der Waals surface area contributed by atoms with Crippen molar-refractivity contribution in [1.82, 2.24) is 29.4 Å². The topological polar surface area (TPSA) is 87.3 Å². The van der Waals surface area contributed by atoms with E-state index in [0.29, 0.717) is 35.5 Å². The quantitative estimate of drug-likeness (QED) is 0.207. The van der Waals surface area contributed by atoms with E-state index in [-0.39, 0.29) is 66.3 Å². The molecule has 224 valence electrons. The van der Waals surface area contributed by atoms with E-state index in [9.17, 15) is 9.18 Å². The number of benzene rings is 1. The van der Waals surface area contributed by atoms with Crippen LogP contribution in [0, 0.1) is 11.6 Å². The molecule has 9 nitrogen and oxygen atoms in total. The van der Waals surface area contributed by atoms with Crippen molar-refractivity contribution < 1.29 is 27.4 Å². The molecule has 2 aliphatic rings. The second kappa shape index (κ2) is 11.3. The molecular formula is C31H31F3N6O3. The average molecular weight is 593 g/mol. The molecule has 0 N–H and O–H groups in total. The fourth-order valence-corrected chi connectivity index (χ4v) is 5.97. The molecule has 0 radical (unpaired) electrons. The van der Waals surface area contributed by atoms with Gasteiger partial charge in [0.1, 0.15) is 35.9 Å². The summed E-state index contributed by atoms with van der Waals surface area (Å²) in [7, 11) is 3.26. The van der Waals surface area contributed by atoms with E-state index in [1.54, 1.807) is 39.8 Å². The zero-order valence-electron chi connectivity index (χ0n) is 24.1. The van der Waals surface area contributed by atoms with Crippen LogP contribution in [-0.2, 0) is 36.1 Å². The number of hydrogen-bond acceptors (Lipinski definition) is 6. The van der Waals surface area contributed by atoms with Gasteiger partial charge in [-0.1, -0.05) is 6.58 Å². The lowest BCUT2D eigenvalue weighted by Crippen LogP contribution is -2.44. The minimum absolute atomic E-state index is 0.0218. The number of aromatic nitrogens is 5. The summed E-state index contributed by atoms with van der Waals surface area (Å²) < 4.78 is 60.7. The molecule has 0 bridgehead atoms. The monoisotopic (exact) mass is 592 g/mol. The minimum atomic E-state index is -1.43. The first-order valence-electron chi connectivity index (χ1n) is 14.0. The number of aryl methyl sites for hydroxylation is 1. The third-order valence-corrected chi connectivity index (χ3v) is 7.96. The molecule has 12 heteroatoms. The van der Waals surface area contributed by atoms with Gasteiger partial charge in [0, 0.05) is 55.2 Å². The van der Waals surface area contributed by atoms with Gasteiger partial charge < -0.3 is 14.4 Å². The van der Waals surface area contributed by atoms with Crippen LogP contribution in [0.2, 0.25) is 0 Å². The highest BCUT2D eigenvalue weighted by Gasteiger charge is 2.36. The number of methoxy groups -OCH3 is 1. The van der Waals surface area contributed by atoms with Crippen LogP contribution in [0.5, 0.6) is 5.75 Å². The Bertz CT molecular complexity index is 1730. The van der Waals surface area contributed by atoms with Crippen LogP contribution in [0.4, 0.5) is 13.2 Å². The van der Waals surface area contributed by atoms with Crippen LogP contribution in [-0.4, -0.2) is 61.7 Å². The number of fused-ring (bicyclic) bond motifs is 2. The zero-order valence-corrected chi connectivity index (χ0v) is 24.1. The lowest BCUT2D eigenvalue weighted by molar-refractivity contribution is -0.129. The summed E-state index contributed by atoms with van der Waals surface area (Å²) in [6, 6.07) is 3.45. The number of nitrogens with zero attached hydrogens (tertiary/aromatic N) is 6. The molecule has 1 aromatic carbocycles. The predicted octanol–water partition coefficient (Wildman–Crippen LogP) is 5.19. The number of halogens is 3. The Morgan fingerprint density at radius 3 is 2.72 bits per heavy atom. The van der Waals surface area contributed by atoms with Gasteiger partial charge in [-0.2, -0.15) is 10.2 Å². The van der Waals surface area contributed by atoms with Crippen LogP contribution in [0.3, 0.4) is 0 Å². The second-order valence-electron chi connectivity index (χ2n) is 10.8. The molecule has 4 heterocycles. The number of carbonyl (C=O) groups excluding carboxylic acids is 1. The molecule has 4 aromatic rings. The van der Waals surface area contributed by atoms with E-state index >= 15 is 8.78 Å². The summed E-state index contributed by atoms with van der Waals surface area (Å²) in [5, 5.41) is 9.09. The van der Waals surface area contributed by atoms with Crippen molar-refractivity contribution in [2.45, 2.75) is 45.1 Å². The maximum Gasteiger partial charge on any atom is 0.246 e. The number of ether oxygens (including phenoxy) is 2. The minimum Gasteiger partial charge on any atom is -0.490 e. The van der Waals surface area contributed by atoms with Crippen molar-refractivity contribution in [1.29, 1.82) is 0 Å². The molecule has 0 saturated heterocycles. The highest BCUT2D eigenvalue weighted by atomic mass is 19.1. The number of carbonyl (C=O) groups is 1. The van der Waals surface area contributed by atoms with Gasteiger partial charge >= 0.3 is 0 Å². The summed E-state index contributed by atoms with van der Waals surface area (Å²) in [5.74, 6) is -2.04. The molecule has 2 unspecified atom stereocenters. The van der Waals surface area contributed by atoms with Gasteiger partial charge in [0.2, 0.25) is 5.91 Å². The zero-order chi connectivity index (χ0) is 30.4. The molecule has 43 heavy (non-hydrogen) atoms. The van der Waals surface area contributed by atoms with E-state index in [1.807, 2.05) is 6.92 Å². The Balaban J connectivity index is 1.62. The Hall–Kier alpha value is -4.45. The maximum absolute atomic E-state index is 16.0. The van der Waals surface area contributed by atoms with E-state index < -0.39 is 17.8 Å². The normalized spacial score (nSPS) is 17.6. The van der Waals surface area contributed by atoms with Gasteiger partial charge in [-0.15, -0.1) is 0 Å². The van der Waals surface area contributed by atoms with E-state index in [4.69, 9.17) is 19.6 Å². The molecule has 0 saturated carbocycles. The molecule has 3 aromatic heterocycles. The van der Waals surface area contributed by atoms with Crippen LogP contribution < -0.4 is 4.74 Å². The molecule has 1 aliphatic heterocycles. The standard InChI is InChI=1S/C31H31F3N6O3/c1-5-26(41)39-16-20-12-24(37-40(20)14-17(39)2)31-29(28-23(34)10-19(32)11-25(28)43-9-8-42-4)27-21(6-7-22(27)33)30(36-31)18-13-35-38(3)15-18/h5,10-13,15,17,22H,1,6-9,14,16H2,2-4H3. The molecule has 0 fully saturated rings. The van der Waals surface area contributed by atoms with Crippen molar-refractivity contribution in [2.75, 3.05) is 20.3 Å². The molecule has 0 spiro atoms. The van der Waals surface area contributed by atoms with Gasteiger partial charge in [-0.25, -0.2) is 18.2 Å². The van der Waals surface area contributed by atoms with Gasteiger partial charge in [0.05, 0.1) is 48.5 Å². The first-order chi connectivity index (χ1) is 20.7. The van der Waals surface area contributed by atoms with Crippen molar-refractivity contribution in [3.05, 3.63) is 71.7 Å². The van der Waals surface area contributed by atoms with E-state index in [0.717, 1.165) is 17.8 Å². The third-order valence-electron chi connectivity index (χ3n) is 7.96. The predicted molar refractivity (Wildman–Crippen MR) is 153 cm³/mol. The number of rotatable bonds is 8. The van der Waals surface area contributed by atoms with E-state index in [1.165, 1.54) is 13.2 Å². The summed E-state index contributed by atoms with van der Waals surface area (Å²) in [6.45, 7) is 6.40. The molecule has 1 amide bonds. The Kier molecular flexibility index (Phi) is 7.55. The Morgan fingerprint density at radius 1 is 1.19 bits per heavy atom. The van der Waals surface area contributed by atoms with Crippen LogP contribution in [0.1, 0.15) is 36.3 Å². The van der Waals surface area contributed by atoms with Crippen LogP contribution >= 0.6 is 0 Å². The van der Waals surface area contributed by atoms with Crippen molar-refractivity contribution in [2.24, 2.45) is 7.05 Å². The largest absolute Gasteiger partial charge is 0.490 e. The first kappa shape index (κ1) is 28.7. The highest BCUT2D eigenvalue weighted by Crippen LogP contribution is 2.50. The van der Waals surface area contributed by atoms with Crippen LogP contribution in [0.15, 0.2) is 43.2 Å². The number of alkyl halides is 1. The summed E-state index contributed by atoms with van der Waals surface area (Å²) in [5.41, 5.74) is 3.49. The van der Waals surface area contributed by atoms with Gasteiger partial charge in [0.25, 0.3) is 0 Å². The van der Waals surface area contributed by atoms with E-state index in [2.05, 4.69) is 11.7 Å². The first-order valence-corrected chi connectivity index (χ1v) is 14.0. The summed E-state index contributed by atoms with van der Waals surface area (Å²) >= 11 is 0. The van der Waals surface area contributed by atoms with Gasteiger partial charge in [0.15, 0.2) is 0 Å². The SMILES string of the molecule is C=CC(=O)N1Cc2cc(-c3nc(-c4cnn(C)c4)c4c(c3-c3c(F)cc(F)cc3OCCOC)C(F)CC4)nn2CC1C. The lowest BCUT2D eigenvalue weighted by Gasteiger charge is -2.33. The second-order valence-corrected chi connectivity index (χ2v) is 10.8. The smallest absolute Gasteiger partial charge is 0.246 e. The molecule has 2 atom stereocenters. The number of amides is 1. The number of hydrogen-bond donors (Lipinski definition) is 0. The third kappa shape index (κ3) is 5.09. The van der Waals surface area contributed by atoms with Crippen LogP contribution in [0.25, 0.3) is 33.8 Å². The molecule has 1 aliphatic carbocycles. The van der Waals surface area contributed by atoms with Crippen molar-refractivity contribution in [3.63, 3.8) is 0 Å². The fourth-order valence-electron chi connectivity index (χ4n) is 5.97. The molecule has 6 rings (SSSR count). The summed E-state index contributed by atoms with van der Waals surface area (Å²) in [6.07, 6.45) is 3.82. The maximum atomic E-state index is 16.0. The van der Waals surface area contributed by atoms with Gasteiger partial charge in [-0.3, -0.25) is 14.2 Å². The van der Waals surface area contributed by atoms with Gasteiger partial charge in [-0.05, 0) is 37.5 Å². The average Bonchev–Trinajstić information content (AvgIpc) is 3.70.